The molecule has 7 heteroatoms. The number of rotatable bonds is 5. The molecule has 1 aromatic carbocycles. The van der Waals surface area contributed by atoms with Crippen molar-refractivity contribution in [2.75, 3.05) is 19.0 Å². The highest BCUT2D eigenvalue weighted by Crippen LogP contribution is 2.39. The number of hydrogen-bond acceptors (Lipinski definition) is 7. The summed E-state index contributed by atoms with van der Waals surface area (Å²) in [4.78, 5) is 23.4. The van der Waals surface area contributed by atoms with Gasteiger partial charge in [0.1, 0.15) is 16.4 Å². The maximum Gasteiger partial charge on any atom is 0.376 e. The van der Waals surface area contributed by atoms with Gasteiger partial charge in [0, 0.05) is 10.6 Å². The second-order valence-electron chi connectivity index (χ2n) is 6.36. The van der Waals surface area contributed by atoms with Gasteiger partial charge in [0.15, 0.2) is 0 Å². The number of carbonyl (C=O) groups is 1. The molecule has 140 valence electrons. The van der Waals surface area contributed by atoms with Gasteiger partial charge in [-0.2, -0.15) is 0 Å². The predicted octanol–water partition coefficient (Wildman–Crippen LogP) is 4.50. The first kappa shape index (κ1) is 17.7. The average molecular weight is 383 g/mol. The van der Waals surface area contributed by atoms with Crippen LogP contribution < -0.4 is 10.1 Å². The van der Waals surface area contributed by atoms with Crippen LogP contribution in [-0.2, 0) is 17.6 Å². The van der Waals surface area contributed by atoms with Gasteiger partial charge in [0.2, 0.25) is 5.82 Å². The zero-order chi connectivity index (χ0) is 18.8. The largest absolute Gasteiger partial charge is 0.497 e. The Labute approximate surface area is 161 Å². The number of nitrogens with zero attached hydrogens (tertiary/aromatic N) is 2. The Balaban J connectivity index is 1.81. The molecule has 0 fully saturated rings. The van der Waals surface area contributed by atoms with E-state index in [1.54, 1.807) is 25.4 Å². The quantitative estimate of drug-likeness (QED) is 0.654. The normalized spacial score (nSPS) is 13.3. The first-order valence-electron chi connectivity index (χ1n) is 9.10. The zero-order valence-electron chi connectivity index (χ0n) is 15.4. The van der Waals surface area contributed by atoms with E-state index in [0.717, 1.165) is 34.5 Å². The van der Waals surface area contributed by atoms with Gasteiger partial charge in [-0.15, -0.1) is 11.3 Å². The molecule has 3 aromatic rings. The second kappa shape index (κ2) is 7.52. The first-order valence-corrected chi connectivity index (χ1v) is 9.91. The summed E-state index contributed by atoms with van der Waals surface area (Å²) in [7, 11) is 1.64. The third-order valence-electron chi connectivity index (χ3n) is 4.63. The molecule has 4 rings (SSSR count). The number of aryl methyl sites for hydroxylation is 2. The number of methoxy groups -OCH3 is 1. The number of anilines is 2. The van der Waals surface area contributed by atoms with Crippen LogP contribution >= 0.6 is 11.3 Å². The fourth-order valence-corrected chi connectivity index (χ4v) is 4.61. The number of nitrogens with one attached hydrogen (secondary N) is 1. The average Bonchev–Trinajstić information content (AvgIpc) is 3.07. The molecule has 0 aliphatic heterocycles. The minimum absolute atomic E-state index is 0.0963. The van der Waals surface area contributed by atoms with Gasteiger partial charge in [0.05, 0.1) is 19.1 Å². The highest BCUT2D eigenvalue weighted by Gasteiger charge is 2.23. The zero-order valence-corrected chi connectivity index (χ0v) is 16.2. The Morgan fingerprint density at radius 3 is 2.70 bits per heavy atom. The van der Waals surface area contributed by atoms with Crippen molar-refractivity contribution in [3.8, 4) is 5.75 Å². The van der Waals surface area contributed by atoms with Crippen LogP contribution in [0.3, 0.4) is 0 Å². The summed E-state index contributed by atoms with van der Waals surface area (Å²) in [6.45, 7) is 2.07. The minimum atomic E-state index is -0.497. The lowest BCUT2D eigenvalue weighted by Gasteiger charge is -2.13. The standard InChI is InChI=1S/C20H21N3O3S/c1-3-26-20(24)18-22-17(21-12-8-10-13(25-2)11-9-12)16-14-6-4-5-7-15(14)27-19(16)23-18/h8-11H,3-7H2,1-2H3,(H,21,22,23). The summed E-state index contributed by atoms with van der Waals surface area (Å²) < 4.78 is 10.3. The van der Waals surface area contributed by atoms with Crippen molar-refractivity contribution >= 4 is 39.0 Å². The number of ether oxygens (including phenoxy) is 2. The van der Waals surface area contributed by atoms with Crippen molar-refractivity contribution in [3.05, 3.63) is 40.5 Å². The molecular formula is C20H21N3O3S. The van der Waals surface area contributed by atoms with Crippen molar-refractivity contribution in [2.45, 2.75) is 32.6 Å². The molecule has 0 bridgehead atoms. The van der Waals surface area contributed by atoms with E-state index >= 15 is 0 Å². The third-order valence-corrected chi connectivity index (χ3v) is 5.81. The summed E-state index contributed by atoms with van der Waals surface area (Å²) in [6, 6.07) is 7.62. The molecule has 0 amide bonds. The third kappa shape index (κ3) is 3.47. The molecule has 0 saturated heterocycles. The lowest BCUT2D eigenvalue weighted by atomic mass is 9.97. The van der Waals surface area contributed by atoms with E-state index in [-0.39, 0.29) is 5.82 Å². The molecule has 0 atom stereocenters. The molecule has 1 aliphatic rings. The molecule has 0 spiro atoms. The van der Waals surface area contributed by atoms with E-state index in [2.05, 4.69) is 15.3 Å². The Morgan fingerprint density at radius 1 is 1.19 bits per heavy atom. The lowest BCUT2D eigenvalue weighted by Crippen LogP contribution is -2.11. The van der Waals surface area contributed by atoms with Gasteiger partial charge in [-0.25, -0.2) is 14.8 Å². The van der Waals surface area contributed by atoms with Gasteiger partial charge >= 0.3 is 5.97 Å². The first-order chi connectivity index (χ1) is 13.2. The van der Waals surface area contributed by atoms with Crippen LogP contribution in [0.4, 0.5) is 11.5 Å². The van der Waals surface area contributed by atoms with Crippen molar-refractivity contribution < 1.29 is 14.3 Å². The topological polar surface area (TPSA) is 73.3 Å². The van der Waals surface area contributed by atoms with Gasteiger partial charge in [-0.3, -0.25) is 0 Å². The van der Waals surface area contributed by atoms with E-state index in [4.69, 9.17) is 9.47 Å². The monoisotopic (exact) mass is 383 g/mol. The van der Waals surface area contributed by atoms with Gasteiger partial charge in [0.25, 0.3) is 0 Å². The van der Waals surface area contributed by atoms with Crippen molar-refractivity contribution in [2.24, 2.45) is 0 Å². The highest BCUT2D eigenvalue weighted by atomic mass is 32.1. The molecule has 1 N–H and O–H groups in total. The second-order valence-corrected chi connectivity index (χ2v) is 7.44. The number of hydrogen-bond donors (Lipinski definition) is 1. The summed E-state index contributed by atoms with van der Waals surface area (Å²) in [5.41, 5.74) is 2.19. The summed E-state index contributed by atoms with van der Waals surface area (Å²) in [5.74, 6) is 1.05. The molecule has 27 heavy (non-hydrogen) atoms. The van der Waals surface area contributed by atoms with Crippen LogP contribution in [0.1, 0.15) is 40.8 Å². The maximum absolute atomic E-state index is 12.2. The number of benzene rings is 1. The van der Waals surface area contributed by atoms with Crippen molar-refractivity contribution in [1.82, 2.24) is 9.97 Å². The summed E-state index contributed by atoms with van der Waals surface area (Å²) in [5, 5.41) is 4.39. The lowest BCUT2D eigenvalue weighted by molar-refractivity contribution is 0.0512. The van der Waals surface area contributed by atoms with Gasteiger partial charge in [-0.05, 0) is 62.4 Å². The maximum atomic E-state index is 12.2. The van der Waals surface area contributed by atoms with Crippen LogP contribution in [0.5, 0.6) is 5.75 Å². The van der Waals surface area contributed by atoms with Gasteiger partial charge < -0.3 is 14.8 Å². The van der Waals surface area contributed by atoms with Gasteiger partial charge in [-0.1, -0.05) is 0 Å². The van der Waals surface area contributed by atoms with Crippen LogP contribution in [0.15, 0.2) is 24.3 Å². The molecule has 0 radical (unpaired) electrons. The van der Waals surface area contributed by atoms with Crippen molar-refractivity contribution in [3.63, 3.8) is 0 Å². The summed E-state index contributed by atoms with van der Waals surface area (Å²) in [6.07, 6.45) is 4.45. The van der Waals surface area contributed by atoms with Crippen LogP contribution in [0.2, 0.25) is 0 Å². The van der Waals surface area contributed by atoms with E-state index in [9.17, 15) is 4.79 Å². The molecular weight excluding hydrogens is 362 g/mol. The number of carbonyl (C=O) groups excluding carboxylic acids is 1. The Morgan fingerprint density at radius 2 is 1.96 bits per heavy atom. The smallest absolute Gasteiger partial charge is 0.376 e. The Bertz CT molecular complexity index is 982. The van der Waals surface area contributed by atoms with Crippen LogP contribution in [-0.4, -0.2) is 29.7 Å². The fraction of sp³-hybridized carbons (Fsp3) is 0.350. The van der Waals surface area contributed by atoms with E-state index in [1.165, 1.54) is 23.3 Å². The molecule has 0 saturated carbocycles. The van der Waals surface area contributed by atoms with Crippen LogP contribution in [0.25, 0.3) is 10.2 Å². The molecule has 2 heterocycles. The molecule has 1 aliphatic carbocycles. The van der Waals surface area contributed by atoms with E-state index in [1.807, 2.05) is 24.3 Å². The number of fused-ring (bicyclic) bond motifs is 3. The Hall–Kier alpha value is -2.67. The van der Waals surface area contributed by atoms with E-state index < -0.39 is 5.97 Å². The SMILES string of the molecule is CCOC(=O)c1nc(Nc2ccc(OC)cc2)c2c3c(sc2n1)CCCC3. The summed E-state index contributed by atoms with van der Waals surface area (Å²) >= 11 is 1.66. The fourth-order valence-electron chi connectivity index (χ4n) is 3.35. The molecule has 0 unspecified atom stereocenters. The molecule has 2 aromatic heterocycles. The number of thiophene rings is 1. The highest BCUT2D eigenvalue weighted by molar-refractivity contribution is 7.19. The van der Waals surface area contributed by atoms with Crippen LogP contribution in [0, 0.1) is 0 Å². The van der Waals surface area contributed by atoms with E-state index in [0.29, 0.717) is 12.4 Å². The number of aromatic nitrogens is 2. The minimum Gasteiger partial charge on any atom is -0.497 e. The molecule has 6 nitrogen and oxygen atoms in total. The predicted molar refractivity (Wildman–Crippen MR) is 106 cm³/mol. The number of esters is 1. The Kier molecular flexibility index (Phi) is 4.94. The van der Waals surface area contributed by atoms with Crippen molar-refractivity contribution in [1.29, 1.82) is 0 Å².